The van der Waals surface area contributed by atoms with Gasteiger partial charge in [0.15, 0.2) is 0 Å². The van der Waals surface area contributed by atoms with Gasteiger partial charge in [-0.3, -0.25) is 0 Å². The van der Waals surface area contributed by atoms with Crippen LogP contribution in [-0.4, -0.2) is 11.6 Å². The highest BCUT2D eigenvalue weighted by molar-refractivity contribution is 5.84. The van der Waals surface area contributed by atoms with Crippen LogP contribution in [0.25, 0.3) is 10.9 Å². The second-order valence-electron chi connectivity index (χ2n) is 4.25. The fourth-order valence-electron chi connectivity index (χ4n) is 2.31. The topological polar surface area (TPSA) is 40.8 Å². The average molecular weight is 227 g/mol. The van der Waals surface area contributed by atoms with E-state index in [0.717, 1.165) is 6.42 Å². The van der Waals surface area contributed by atoms with Gasteiger partial charge in [0.25, 0.3) is 0 Å². The molecule has 0 saturated heterocycles. The molecule has 1 heterocycles. The van der Waals surface area contributed by atoms with E-state index in [1.165, 1.54) is 16.5 Å². The molecule has 0 spiro atoms. The van der Waals surface area contributed by atoms with Crippen LogP contribution in [0.2, 0.25) is 0 Å². The summed E-state index contributed by atoms with van der Waals surface area (Å²) in [4.78, 5) is 0. The molecule has 2 rings (SSSR count). The molecule has 0 bridgehead atoms. The van der Waals surface area contributed by atoms with Crippen molar-refractivity contribution in [1.82, 2.24) is 9.88 Å². The Bertz CT molecular complexity index is 548. The van der Waals surface area contributed by atoms with Crippen LogP contribution in [0.3, 0.4) is 0 Å². The van der Waals surface area contributed by atoms with Crippen molar-refractivity contribution >= 4 is 10.9 Å². The number of para-hydroxylation sites is 1. The van der Waals surface area contributed by atoms with Crippen LogP contribution in [0.4, 0.5) is 0 Å². The van der Waals surface area contributed by atoms with Gasteiger partial charge in [0.05, 0.1) is 6.07 Å². The number of rotatable bonds is 4. The van der Waals surface area contributed by atoms with Crippen LogP contribution in [0, 0.1) is 11.3 Å². The zero-order valence-electron chi connectivity index (χ0n) is 10.3. The predicted octanol–water partition coefficient (Wildman–Crippen LogP) is 2.74. The highest BCUT2D eigenvalue weighted by Gasteiger charge is 2.14. The third-order valence-corrected chi connectivity index (χ3v) is 3.20. The lowest BCUT2D eigenvalue weighted by atomic mass is 10.0. The second-order valence-corrected chi connectivity index (χ2v) is 4.25. The molecule has 1 N–H and O–H groups in total. The molecule has 1 unspecified atom stereocenters. The Kier molecular flexibility index (Phi) is 3.46. The summed E-state index contributed by atoms with van der Waals surface area (Å²) in [6.07, 6.45) is 3.58. The molecule has 0 aliphatic carbocycles. The number of aromatic nitrogens is 1. The van der Waals surface area contributed by atoms with Gasteiger partial charge in [-0.05, 0) is 25.1 Å². The fraction of sp³-hybridized carbons (Fsp3) is 0.357. The quantitative estimate of drug-likeness (QED) is 0.872. The minimum Gasteiger partial charge on any atom is -0.350 e. The standard InChI is InChI=1S/C14H17N3/c1-16-13(7-5-9-15)12-10-17(2)14-8-4-3-6-11(12)14/h3-4,6,8,10,13,16H,5,7H2,1-2H3. The van der Waals surface area contributed by atoms with E-state index in [9.17, 15) is 0 Å². The Morgan fingerprint density at radius 2 is 2.18 bits per heavy atom. The molecule has 1 aromatic carbocycles. The van der Waals surface area contributed by atoms with Gasteiger partial charge in [0, 0.05) is 36.6 Å². The molecule has 88 valence electrons. The maximum Gasteiger partial charge on any atom is 0.0622 e. The van der Waals surface area contributed by atoms with E-state index >= 15 is 0 Å². The number of benzene rings is 1. The Balaban J connectivity index is 2.43. The summed E-state index contributed by atoms with van der Waals surface area (Å²) in [5.74, 6) is 0. The molecule has 0 aliphatic heterocycles. The molecule has 0 fully saturated rings. The minimum atomic E-state index is 0.251. The zero-order valence-corrected chi connectivity index (χ0v) is 10.3. The van der Waals surface area contributed by atoms with Crippen molar-refractivity contribution in [2.75, 3.05) is 7.05 Å². The van der Waals surface area contributed by atoms with Crippen molar-refractivity contribution in [3.8, 4) is 6.07 Å². The van der Waals surface area contributed by atoms with Crippen molar-refractivity contribution in [2.45, 2.75) is 18.9 Å². The van der Waals surface area contributed by atoms with Gasteiger partial charge >= 0.3 is 0 Å². The fourth-order valence-corrected chi connectivity index (χ4v) is 2.31. The summed E-state index contributed by atoms with van der Waals surface area (Å²) in [6, 6.07) is 10.8. The second kappa shape index (κ2) is 5.03. The summed E-state index contributed by atoms with van der Waals surface area (Å²) in [6.45, 7) is 0. The molecule has 1 aromatic heterocycles. The van der Waals surface area contributed by atoms with Crippen LogP contribution in [-0.2, 0) is 7.05 Å². The monoisotopic (exact) mass is 227 g/mol. The molecule has 2 aromatic rings. The number of nitrogens with zero attached hydrogens (tertiary/aromatic N) is 2. The summed E-state index contributed by atoms with van der Waals surface area (Å²) in [5, 5.41) is 13.3. The van der Waals surface area contributed by atoms with Crippen LogP contribution >= 0.6 is 0 Å². The first-order valence-electron chi connectivity index (χ1n) is 5.86. The number of hydrogen-bond acceptors (Lipinski definition) is 2. The highest BCUT2D eigenvalue weighted by atomic mass is 14.9. The Morgan fingerprint density at radius 3 is 2.88 bits per heavy atom. The largest absolute Gasteiger partial charge is 0.350 e. The molecular weight excluding hydrogens is 210 g/mol. The smallest absolute Gasteiger partial charge is 0.0622 e. The molecule has 1 atom stereocenters. The van der Waals surface area contributed by atoms with Crippen LogP contribution in [0.5, 0.6) is 0 Å². The van der Waals surface area contributed by atoms with Gasteiger partial charge in [0.2, 0.25) is 0 Å². The zero-order chi connectivity index (χ0) is 12.3. The van der Waals surface area contributed by atoms with E-state index in [4.69, 9.17) is 5.26 Å². The van der Waals surface area contributed by atoms with Gasteiger partial charge in [0.1, 0.15) is 0 Å². The lowest BCUT2D eigenvalue weighted by Gasteiger charge is -2.13. The van der Waals surface area contributed by atoms with Crippen LogP contribution < -0.4 is 5.32 Å². The molecule has 0 amide bonds. The SMILES string of the molecule is CNC(CCC#N)c1cn(C)c2ccccc12. The molecule has 3 heteroatoms. The van der Waals surface area contributed by atoms with Gasteiger partial charge in [-0.25, -0.2) is 0 Å². The lowest BCUT2D eigenvalue weighted by molar-refractivity contribution is 0.559. The van der Waals surface area contributed by atoms with E-state index in [-0.39, 0.29) is 6.04 Å². The summed E-state index contributed by atoms with van der Waals surface area (Å²) < 4.78 is 2.14. The third-order valence-electron chi connectivity index (χ3n) is 3.20. The Morgan fingerprint density at radius 1 is 1.41 bits per heavy atom. The Labute approximate surface area is 102 Å². The van der Waals surface area contributed by atoms with Gasteiger partial charge in [-0.15, -0.1) is 0 Å². The number of nitriles is 1. The molecule has 17 heavy (non-hydrogen) atoms. The third kappa shape index (κ3) is 2.17. The number of hydrogen-bond donors (Lipinski definition) is 1. The first-order valence-corrected chi connectivity index (χ1v) is 5.86. The van der Waals surface area contributed by atoms with Crippen molar-refractivity contribution in [2.24, 2.45) is 7.05 Å². The van der Waals surface area contributed by atoms with Gasteiger partial charge in [-0.2, -0.15) is 5.26 Å². The van der Waals surface area contributed by atoms with Gasteiger partial charge < -0.3 is 9.88 Å². The number of fused-ring (bicyclic) bond motifs is 1. The van der Waals surface area contributed by atoms with Crippen molar-refractivity contribution in [1.29, 1.82) is 5.26 Å². The summed E-state index contributed by atoms with van der Waals surface area (Å²) >= 11 is 0. The first-order chi connectivity index (χ1) is 8.27. The Hall–Kier alpha value is -1.79. The van der Waals surface area contributed by atoms with E-state index in [2.05, 4.69) is 53.5 Å². The van der Waals surface area contributed by atoms with E-state index in [0.29, 0.717) is 6.42 Å². The molecule has 0 radical (unpaired) electrons. The molecular formula is C14H17N3. The molecule has 3 nitrogen and oxygen atoms in total. The molecule has 0 aliphatic rings. The first kappa shape index (κ1) is 11.7. The molecule has 0 saturated carbocycles. The summed E-state index contributed by atoms with van der Waals surface area (Å²) in [7, 11) is 4.01. The number of nitrogens with one attached hydrogen (secondary N) is 1. The normalized spacial score (nSPS) is 12.5. The predicted molar refractivity (Wildman–Crippen MR) is 69.6 cm³/mol. The lowest BCUT2D eigenvalue weighted by Crippen LogP contribution is -2.15. The van der Waals surface area contributed by atoms with Crippen molar-refractivity contribution in [3.05, 3.63) is 36.0 Å². The van der Waals surface area contributed by atoms with E-state index in [1.54, 1.807) is 0 Å². The number of aryl methyl sites for hydroxylation is 1. The highest BCUT2D eigenvalue weighted by Crippen LogP contribution is 2.28. The average Bonchev–Trinajstić information content (AvgIpc) is 2.69. The van der Waals surface area contributed by atoms with Crippen LogP contribution in [0.15, 0.2) is 30.5 Å². The summed E-state index contributed by atoms with van der Waals surface area (Å²) in [5.41, 5.74) is 2.51. The van der Waals surface area contributed by atoms with Crippen LogP contribution in [0.1, 0.15) is 24.4 Å². The van der Waals surface area contributed by atoms with Crippen molar-refractivity contribution in [3.63, 3.8) is 0 Å². The maximum absolute atomic E-state index is 8.69. The van der Waals surface area contributed by atoms with Crippen molar-refractivity contribution < 1.29 is 0 Å². The van der Waals surface area contributed by atoms with E-state index in [1.807, 2.05) is 7.05 Å². The van der Waals surface area contributed by atoms with E-state index < -0.39 is 0 Å². The minimum absolute atomic E-state index is 0.251. The van der Waals surface area contributed by atoms with Gasteiger partial charge in [-0.1, -0.05) is 18.2 Å². The maximum atomic E-state index is 8.69.